The van der Waals surface area contributed by atoms with Gasteiger partial charge in [0.05, 0.1) is 22.3 Å². The zero-order valence-corrected chi connectivity index (χ0v) is 20.7. The van der Waals surface area contributed by atoms with Crippen LogP contribution < -0.4 is 0 Å². The maximum atomic E-state index is 13.0. The van der Waals surface area contributed by atoms with Crippen LogP contribution in [-0.4, -0.2) is 29.9 Å². The van der Waals surface area contributed by atoms with Gasteiger partial charge in [0.2, 0.25) is 6.79 Å². The predicted octanol–water partition coefficient (Wildman–Crippen LogP) is 5.91. The van der Waals surface area contributed by atoms with Gasteiger partial charge in [-0.25, -0.2) is 18.7 Å². The van der Waals surface area contributed by atoms with Crippen molar-refractivity contribution >= 4 is 19.8 Å². The Labute approximate surface area is 194 Å². The number of rotatable bonds is 9. The van der Waals surface area contributed by atoms with Crippen molar-refractivity contribution in [3.8, 4) is 0 Å². The molecule has 0 radical (unpaired) electrons. The minimum atomic E-state index is -4.05. The maximum absolute atomic E-state index is 13.0. The van der Waals surface area contributed by atoms with Crippen LogP contribution >= 0.6 is 7.82 Å². The molecule has 0 saturated carbocycles. The third kappa shape index (κ3) is 9.48. The zero-order valence-electron chi connectivity index (χ0n) is 19.8. The van der Waals surface area contributed by atoms with Gasteiger partial charge in [0, 0.05) is 0 Å². The molecule has 33 heavy (non-hydrogen) atoms. The number of carbonyl (C=O) groups is 2. The van der Waals surface area contributed by atoms with Crippen LogP contribution in [0.2, 0.25) is 0 Å². The Kier molecular flexibility index (Phi) is 8.97. The second-order valence-corrected chi connectivity index (χ2v) is 10.7. The number of ether oxygens (including phenoxy) is 2. The van der Waals surface area contributed by atoms with Crippen molar-refractivity contribution in [3.63, 3.8) is 0 Å². The smallest absolute Gasteiger partial charge is 0.457 e. The summed E-state index contributed by atoms with van der Waals surface area (Å²) in [5.41, 5.74) is -0.825. The van der Waals surface area contributed by atoms with Crippen LogP contribution in [0.4, 0.5) is 0 Å². The van der Waals surface area contributed by atoms with E-state index in [4.69, 9.17) is 23.0 Å². The summed E-state index contributed by atoms with van der Waals surface area (Å²) in [6, 6.07) is 15.2. The number of benzene rings is 2. The molecular weight excluding hydrogens is 447 g/mol. The van der Waals surface area contributed by atoms with Crippen LogP contribution in [0, 0.1) is 0 Å². The molecular formula is C24H31O8P. The van der Waals surface area contributed by atoms with Gasteiger partial charge >= 0.3 is 19.8 Å². The van der Waals surface area contributed by atoms with Crippen molar-refractivity contribution < 1.29 is 37.2 Å². The predicted molar refractivity (Wildman–Crippen MR) is 123 cm³/mol. The highest BCUT2D eigenvalue weighted by molar-refractivity contribution is 7.48. The van der Waals surface area contributed by atoms with Crippen LogP contribution in [0.15, 0.2) is 54.6 Å². The molecule has 2 aromatic carbocycles. The van der Waals surface area contributed by atoms with E-state index in [0.29, 0.717) is 0 Å². The fourth-order valence-electron chi connectivity index (χ4n) is 2.60. The van der Waals surface area contributed by atoms with Gasteiger partial charge in [-0.1, -0.05) is 42.5 Å². The molecule has 0 aromatic heterocycles. The van der Waals surface area contributed by atoms with Gasteiger partial charge in [0.1, 0.15) is 6.61 Å². The van der Waals surface area contributed by atoms with Crippen LogP contribution in [-0.2, 0) is 34.2 Å². The van der Waals surface area contributed by atoms with E-state index in [2.05, 4.69) is 0 Å². The number of phosphoric ester groups is 1. The second kappa shape index (κ2) is 11.1. The van der Waals surface area contributed by atoms with E-state index in [9.17, 15) is 14.2 Å². The molecule has 0 aliphatic heterocycles. The Balaban J connectivity index is 2.04. The van der Waals surface area contributed by atoms with Gasteiger partial charge in [-0.3, -0.25) is 9.05 Å². The summed E-state index contributed by atoms with van der Waals surface area (Å²) in [7, 11) is -4.05. The standard InChI is InChI=1S/C24H31O8P/c1-23(2,3)31-33(27,32-24(4,5)6)30-17-29-22(26)20-15-11-10-14-19(20)21(25)28-16-18-12-8-7-9-13-18/h7-15H,16-17H2,1-6H3. The van der Waals surface area contributed by atoms with Crippen molar-refractivity contribution in [2.75, 3.05) is 6.79 Å². The quantitative estimate of drug-likeness (QED) is 0.249. The van der Waals surface area contributed by atoms with Crippen molar-refractivity contribution in [1.82, 2.24) is 0 Å². The molecule has 0 fully saturated rings. The average Bonchev–Trinajstić information content (AvgIpc) is 2.69. The minimum absolute atomic E-state index is 0.0116. The summed E-state index contributed by atoms with van der Waals surface area (Å²) < 4.78 is 39.6. The van der Waals surface area contributed by atoms with Crippen LogP contribution in [0.1, 0.15) is 67.8 Å². The SMILES string of the molecule is CC(C)(C)OP(=O)(OCOC(=O)c1ccccc1C(=O)OCc1ccccc1)OC(C)(C)C. The molecule has 0 spiro atoms. The normalized spacial score (nSPS) is 12.3. The monoisotopic (exact) mass is 478 g/mol. The zero-order chi connectivity index (χ0) is 24.7. The molecule has 0 saturated heterocycles. The molecule has 180 valence electrons. The first-order valence-corrected chi connectivity index (χ1v) is 11.9. The van der Waals surface area contributed by atoms with E-state index < -0.39 is 37.8 Å². The lowest BCUT2D eigenvalue weighted by atomic mass is 10.1. The molecule has 0 bridgehead atoms. The summed E-state index contributed by atoms with van der Waals surface area (Å²) in [4.78, 5) is 25.2. The first kappa shape index (κ1) is 26.7. The Bertz CT molecular complexity index is 970. The highest BCUT2D eigenvalue weighted by Crippen LogP contribution is 2.55. The minimum Gasteiger partial charge on any atom is -0.457 e. The van der Waals surface area contributed by atoms with Crippen LogP contribution in [0.3, 0.4) is 0 Å². The number of phosphoric acid groups is 1. The Morgan fingerprint density at radius 2 is 1.18 bits per heavy atom. The van der Waals surface area contributed by atoms with Crippen molar-refractivity contribution in [1.29, 1.82) is 0 Å². The first-order chi connectivity index (χ1) is 15.3. The van der Waals surface area contributed by atoms with E-state index >= 15 is 0 Å². The third-order valence-electron chi connectivity index (χ3n) is 3.75. The lowest BCUT2D eigenvalue weighted by Crippen LogP contribution is -2.25. The molecule has 8 nitrogen and oxygen atoms in total. The van der Waals surface area contributed by atoms with Gasteiger partial charge in [-0.15, -0.1) is 0 Å². The van der Waals surface area contributed by atoms with E-state index in [1.165, 1.54) is 12.1 Å². The Morgan fingerprint density at radius 1 is 0.727 bits per heavy atom. The number of carbonyl (C=O) groups excluding carboxylic acids is 2. The topological polar surface area (TPSA) is 97.4 Å². The van der Waals surface area contributed by atoms with Crippen molar-refractivity contribution in [3.05, 3.63) is 71.3 Å². The average molecular weight is 478 g/mol. The van der Waals surface area contributed by atoms with E-state index in [1.54, 1.807) is 53.7 Å². The molecule has 2 rings (SSSR count). The van der Waals surface area contributed by atoms with Gasteiger partial charge in [0.25, 0.3) is 0 Å². The summed E-state index contributed by atoms with van der Waals surface area (Å²) in [6.07, 6.45) is 0. The van der Waals surface area contributed by atoms with Crippen molar-refractivity contribution in [2.24, 2.45) is 0 Å². The third-order valence-corrected chi connectivity index (χ3v) is 5.72. The molecule has 0 aliphatic carbocycles. The van der Waals surface area contributed by atoms with E-state index in [0.717, 1.165) is 5.56 Å². The molecule has 0 aliphatic rings. The second-order valence-electron chi connectivity index (χ2n) is 9.14. The molecule has 0 amide bonds. The molecule has 0 N–H and O–H groups in total. The van der Waals surface area contributed by atoms with Crippen molar-refractivity contribution in [2.45, 2.75) is 59.4 Å². The lowest BCUT2D eigenvalue weighted by Gasteiger charge is -2.30. The largest absolute Gasteiger partial charge is 0.478 e. The summed E-state index contributed by atoms with van der Waals surface area (Å²) in [5, 5.41) is 0. The highest BCUT2D eigenvalue weighted by atomic mass is 31.2. The molecule has 2 aromatic rings. The van der Waals surface area contributed by atoms with Gasteiger partial charge in [-0.2, -0.15) is 0 Å². The molecule has 0 unspecified atom stereocenters. The van der Waals surface area contributed by atoms with Crippen LogP contribution in [0.5, 0.6) is 0 Å². The lowest BCUT2D eigenvalue weighted by molar-refractivity contribution is -0.0354. The summed E-state index contributed by atoms with van der Waals surface area (Å²) in [6.45, 7) is 9.52. The van der Waals surface area contributed by atoms with Gasteiger partial charge < -0.3 is 9.47 Å². The van der Waals surface area contributed by atoms with Crippen LogP contribution in [0.25, 0.3) is 0 Å². The molecule has 0 atom stereocenters. The summed E-state index contributed by atoms with van der Waals surface area (Å²) in [5.74, 6) is -1.52. The van der Waals surface area contributed by atoms with Gasteiger partial charge in [0.15, 0.2) is 0 Å². The number of esters is 2. The first-order valence-electron chi connectivity index (χ1n) is 10.4. The number of hydrogen-bond donors (Lipinski definition) is 0. The van der Waals surface area contributed by atoms with Gasteiger partial charge in [-0.05, 0) is 59.2 Å². The summed E-state index contributed by atoms with van der Waals surface area (Å²) >= 11 is 0. The number of hydrogen-bond acceptors (Lipinski definition) is 8. The highest BCUT2D eigenvalue weighted by Gasteiger charge is 2.37. The fraction of sp³-hybridized carbons (Fsp3) is 0.417. The Hall–Kier alpha value is -2.51. The maximum Gasteiger partial charge on any atom is 0.478 e. The fourth-order valence-corrected chi connectivity index (χ4v) is 4.27. The molecule has 0 heterocycles. The molecule has 9 heteroatoms. The van der Waals surface area contributed by atoms with E-state index in [1.807, 2.05) is 30.3 Å². The Morgan fingerprint density at radius 3 is 1.67 bits per heavy atom. The van der Waals surface area contributed by atoms with E-state index in [-0.39, 0.29) is 17.7 Å².